The van der Waals surface area contributed by atoms with Crippen molar-refractivity contribution in [2.75, 3.05) is 0 Å². The van der Waals surface area contributed by atoms with Gasteiger partial charge in [-0.15, -0.1) is 11.3 Å². The first-order valence-electron chi connectivity index (χ1n) is 3.58. The Bertz CT molecular complexity index is 418. The van der Waals surface area contributed by atoms with Crippen LogP contribution in [0.3, 0.4) is 0 Å². The van der Waals surface area contributed by atoms with Crippen molar-refractivity contribution in [2.45, 2.75) is 6.18 Å². The molecule has 0 unspecified atom stereocenters. The topological polar surface area (TPSA) is 30.7 Å². The number of imidazole rings is 1. The second-order valence-corrected chi connectivity index (χ2v) is 3.32. The Morgan fingerprint density at radius 1 is 1.36 bits per heavy atom. The molecule has 0 fully saturated rings. The van der Waals surface area contributed by atoms with Gasteiger partial charge in [-0.3, -0.25) is 4.57 Å². The second-order valence-electron chi connectivity index (χ2n) is 2.48. The van der Waals surface area contributed by atoms with Crippen LogP contribution < -0.4 is 0 Å². The Morgan fingerprint density at radius 3 is 2.64 bits per heavy atom. The third-order valence-corrected chi connectivity index (χ3v) is 2.36. The van der Waals surface area contributed by atoms with Gasteiger partial charge in [0.15, 0.2) is 10.8 Å². The Kier molecular flexibility index (Phi) is 2.03. The Morgan fingerprint density at radius 2 is 2.14 bits per heavy atom. The maximum Gasteiger partial charge on any atom is 0.434 e. The number of thiazole rings is 1. The minimum absolute atomic E-state index is 0.259. The lowest BCUT2D eigenvalue weighted by atomic mass is 10.5. The van der Waals surface area contributed by atoms with Crippen LogP contribution in [-0.2, 0) is 6.18 Å². The molecule has 0 saturated carbocycles. The summed E-state index contributed by atoms with van der Waals surface area (Å²) in [4.78, 5) is 7.16. The molecule has 2 rings (SSSR count). The lowest BCUT2D eigenvalue weighted by Gasteiger charge is -1.99. The molecule has 14 heavy (non-hydrogen) atoms. The molecule has 0 atom stereocenters. The van der Waals surface area contributed by atoms with Crippen molar-refractivity contribution >= 4 is 11.3 Å². The number of hydrogen-bond acceptors (Lipinski definition) is 3. The van der Waals surface area contributed by atoms with Crippen molar-refractivity contribution in [3.05, 3.63) is 29.8 Å². The van der Waals surface area contributed by atoms with E-state index in [1.54, 1.807) is 6.20 Å². The third-order valence-electron chi connectivity index (χ3n) is 1.51. The van der Waals surface area contributed by atoms with Crippen LogP contribution in [0.15, 0.2) is 24.1 Å². The summed E-state index contributed by atoms with van der Waals surface area (Å²) in [5.41, 5.74) is -0.869. The van der Waals surface area contributed by atoms with E-state index in [4.69, 9.17) is 0 Å². The van der Waals surface area contributed by atoms with Crippen molar-refractivity contribution in [2.24, 2.45) is 0 Å². The molecule has 2 heterocycles. The number of rotatable bonds is 1. The molecule has 0 amide bonds. The number of nitrogens with zero attached hydrogens (tertiary/aromatic N) is 3. The number of alkyl halides is 3. The molecule has 0 N–H and O–H groups in total. The van der Waals surface area contributed by atoms with Crippen LogP contribution in [0.25, 0.3) is 5.13 Å². The molecular formula is C7H4F3N3S. The molecule has 2 aromatic heterocycles. The molecular weight excluding hydrogens is 215 g/mol. The fourth-order valence-corrected chi connectivity index (χ4v) is 1.67. The summed E-state index contributed by atoms with van der Waals surface area (Å²) in [6, 6.07) is 0. The minimum Gasteiger partial charge on any atom is -0.282 e. The summed E-state index contributed by atoms with van der Waals surface area (Å²) in [6.45, 7) is 0. The maximum atomic E-state index is 12.2. The van der Waals surface area contributed by atoms with Crippen LogP contribution >= 0.6 is 11.3 Å². The first-order valence-corrected chi connectivity index (χ1v) is 4.46. The van der Waals surface area contributed by atoms with Gasteiger partial charge in [0.1, 0.15) is 6.33 Å². The highest BCUT2D eigenvalue weighted by Gasteiger charge is 2.33. The summed E-state index contributed by atoms with van der Waals surface area (Å²) in [6.07, 6.45) is 0.0436. The highest BCUT2D eigenvalue weighted by Crippen LogP contribution is 2.30. The van der Waals surface area contributed by atoms with Gasteiger partial charge in [0.05, 0.1) is 0 Å². The van der Waals surface area contributed by atoms with Gasteiger partial charge in [-0.05, 0) is 0 Å². The molecule has 0 aromatic carbocycles. The Labute approximate surface area is 80.8 Å². The van der Waals surface area contributed by atoms with Gasteiger partial charge in [0, 0.05) is 17.8 Å². The van der Waals surface area contributed by atoms with E-state index in [0.717, 1.165) is 16.7 Å². The van der Waals surface area contributed by atoms with Gasteiger partial charge in [0.25, 0.3) is 0 Å². The average Bonchev–Trinajstić information content (AvgIpc) is 2.73. The van der Waals surface area contributed by atoms with E-state index in [2.05, 4.69) is 9.97 Å². The van der Waals surface area contributed by atoms with E-state index < -0.39 is 11.9 Å². The van der Waals surface area contributed by atoms with Gasteiger partial charge in [-0.1, -0.05) is 0 Å². The molecule has 3 nitrogen and oxygen atoms in total. The van der Waals surface area contributed by atoms with E-state index in [0.29, 0.717) is 0 Å². The van der Waals surface area contributed by atoms with Crippen molar-refractivity contribution in [3.63, 3.8) is 0 Å². The van der Waals surface area contributed by atoms with Gasteiger partial charge in [0.2, 0.25) is 0 Å². The Balaban J connectivity index is 2.36. The SMILES string of the molecule is FC(F)(F)c1csc(-n2ccnc2)n1. The van der Waals surface area contributed by atoms with Crippen LogP contribution in [0.5, 0.6) is 0 Å². The van der Waals surface area contributed by atoms with Crippen LogP contribution in [0.1, 0.15) is 5.69 Å². The van der Waals surface area contributed by atoms with Gasteiger partial charge >= 0.3 is 6.18 Å². The molecule has 7 heteroatoms. The maximum absolute atomic E-state index is 12.2. The molecule has 0 radical (unpaired) electrons. The highest BCUT2D eigenvalue weighted by atomic mass is 32.1. The van der Waals surface area contributed by atoms with Gasteiger partial charge in [-0.2, -0.15) is 13.2 Å². The molecule has 0 aliphatic carbocycles. The quantitative estimate of drug-likeness (QED) is 0.737. The van der Waals surface area contributed by atoms with Crippen molar-refractivity contribution < 1.29 is 13.2 Å². The van der Waals surface area contributed by atoms with Crippen LogP contribution in [0, 0.1) is 0 Å². The summed E-state index contributed by atoms with van der Waals surface area (Å²) < 4.78 is 37.9. The number of aromatic nitrogens is 3. The monoisotopic (exact) mass is 219 g/mol. The smallest absolute Gasteiger partial charge is 0.282 e. The number of hydrogen-bond donors (Lipinski definition) is 0. The number of halogens is 3. The van der Waals surface area contributed by atoms with Crippen LogP contribution in [0.4, 0.5) is 13.2 Å². The highest BCUT2D eigenvalue weighted by molar-refractivity contribution is 7.12. The third kappa shape index (κ3) is 1.63. The molecule has 74 valence electrons. The van der Waals surface area contributed by atoms with Crippen molar-refractivity contribution in [1.82, 2.24) is 14.5 Å². The zero-order chi connectivity index (χ0) is 10.2. The zero-order valence-electron chi connectivity index (χ0n) is 6.69. The standard InChI is InChI=1S/C7H4F3N3S/c8-7(9,10)5-3-14-6(12-5)13-2-1-11-4-13/h1-4H. The van der Waals surface area contributed by atoms with Crippen LogP contribution in [0.2, 0.25) is 0 Å². The minimum atomic E-state index is -4.38. The molecule has 0 bridgehead atoms. The first-order chi connectivity index (χ1) is 6.57. The van der Waals surface area contributed by atoms with E-state index in [1.165, 1.54) is 17.1 Å². The fraction of sp³-hybridized carbons (Fsp3) is 0.143. The average molecular weight is 219 g/mol. The predicted octanol–water partition coefficient (Wildman–Crippen LogP) is 2.35. The van der Waals surface area contributed by atoms with E-state index in [9.17, 15) is 13.2 Å². The second kappa shape index (κ2) is 3.09. The molecule has 2 aromatic rings. The molecule has 0 saturated heterocycles. The van der Waals surface area contributed by atoms with Crippen molar-refractivity contribution in [3.8, 4) is 5.13 Å². The molecule has 0 aliphatic heterocycles. The fourth-order valence-electron chi connectivity index (χ4n) is 0.885. The summed E-state index contributed by atoms with van der Waals surface area (Å²) in [5, 5.41) is 1.24. The van der Waals surface area contributed by atoms with E-state index in [1.807, 2.05) is 0 Å². The molecule has 0 spiro atoms. The lowest BCUT2D eigenvalue weighted by Crippen LogP contribution is -2.05. The van der Waals surface area contributed by atoms with Gasteiger partial charge < -0.3 is 0 Å². The van der Waals surface area contributed by atoms with E-state index >= 15 is 0 Å². The van der Waals surface area contributed by atoms with Crippen molar-refractivity contribution in [1.29, 1.82) is 0 Å². The predicted molar refractivity (Wildman–Crippen MR) is 44.2 cm³/mol. The Hall–Kier alpha value is -1.37. The molecule has 0 aliphatic rings. The first kappa shape index (κ1) is 9.20. The normalized spacial score (nSPS) is 11.9. The summed E-state index contributed by atoms with van der Waals surface area (Å²) in [5.74, 6) is 0. The lowest BCUT2D eigenvalue weighted by molar-refractivity contribution is -0.140. The summed E-state index contributed by atoms with van der Waals surface area (Å²) in [7, 11) is 0. The van der Waals surface area contributed by atoms with E-state index in [-0.39, 0.29) is 5.13 Å². The zero-order valence-corrected chi connectivity index (χ0v) is 7.51. The van der Waals surface area contributed by atoms with Gasteiger partial charge in [-0.25, -0.2) is 9.97 Å². The summed E-state index contributed by atoms with van der Waals surface area (Å²) >= 11 is 0.926. The largest absolute Gasteiger partial charge is 0.434 e. The van der Waals surface area contributed by atoms with Crippen LogP contribution in [-0.4, -0.2) is 14.5 Å².